The van der Waals surface area contributed by atoms with Crippen molar-refractivity contribution in [3.63, 3.8) is 0 Å². The van der Waals surface area contributed by atoms with E-state index in [4.69, 9.17) is 0 Å². The molecule has 0 fully saturated rings. The fourth-order valence-corrected chi connectivity index (χ4v) is 3.58. The average molecular weight is 327 g/mol. The van der Waals surface area contributed by atoms with Gasteiger partial charge < -0.3 is 10.1 Å². The van der Waals surface area contributed by atoms with Crippen molar-refractivity contribution in [3.05, 3.63) is 107 Å². The minimum absolute atomic E-state index is 0.518. The molecule has 25 heavy (non-hydrogen) atoms. The molecule has 2 nitrogen and oxygen atoms in total. The number of para-hydroxylation sites is 1. The lowest BCUT2D eigenvalue weighted by Gasteiger charge is -2.29. The quantitative estimate of drug-likeness (QED) is 0.546. The number of fused-ring (bicyclic) bond motifs is 1. The molecule has 3 aromatic carbocycles. The number of aromatic nitrogens is 1. The molecule has 0 unspecified atom stereocenters. The first-order valence-corrected chi connectivity index (χ1v) is 8.57. The van der Waals surface area contributed by atoms with Crippen LogP contribution in [0.15, 0.2) is 85.1 Å². The molecule has 4 aromatic rings. The minimum Gasteiger partial charge on any atom is -0.380 e. The van der Waals surface area contributed by atoms with Crippen molar-refractivity contribution in [3.8, 4) is 0 Å². The van der Waals surface area contributed by atoms with E-state index in [1.807, 2.05) is 66.9 Å². The molecule has 124 valence electrons. The summed E-state index contributed by atoms with van der Waals surface area (Å²) in [6.45, 7) is 2.10. The summed E-state index contributed by atoms with van der Waals surface area (Å²) in [5.74, 6) is 0. The van der Waals surface area contributed by atoms with E-state index in [9.17, 15) is 5.11 Å². The topological polar surface area (TPSA) is 36.0 Å². The van der Waals surface area contributed by atoms with E-state index in [1.54, 1.807) is 0 Å². The van der Waals surface area contributed by atoms with Crippen LogP contribution in [0.5, 0.6) is 0 Å². The molecule has 0 radical (unpaired) electrons. The zero-order valence-electron chi connectivity index (χ0n) is 14.2. The van der Waals surface area contributed by atoms with E-state index < -0.39 is 5.60 Å². The van der Waals surface area contributed by atoms with Gasteiger partial charge in [-0.2, -0.15) is 0 Å². The van der Waals surface area contributed by atoms with E-state index >= 15 is 0 Å². The maximum atomic E-state index is 11.7. The normalized spacial score (nSPS) is 11.8. The molecular formula is C23H21NO. The molecule has 1 aromatic heterocycles. The fourth-order valence-electron chi connectivity index (χ4n) is 3.58. The second kappa shape index (κ2) is 6.23. The van der Waals surface area contributed by atoms with E-state index in [0.29, 0.717) is 6.42 Å². The first-order valence-electron chi connectivity index (χ1n) is 8.57. The standard InChI is InChI=1S/C23H21NO/c1-17-9-8-14-21-18(16-24-22(17)21)15-23(25,19-10-4-2-5-11-19)20-12-6-3-7-13-20/h2-14,16,24-25H,15H2,1H3. The van der Waals surface area contributed by atoms with Gasteiger partial charge in [0.2, 0.25) is 0 Å². The molecule has 4 rings (SSSR count). The van der Waals surface area contributed by atoms with E-state index in [-0.39, 0.29) is 0 Å². The Morgan fingerprint density at radius 1 is 0.800 bits per heavy atom. The molecule has 0 saturated carbocycles. The van der Waals surface area contributed by atoms with Crippen LogP contribution in [-0.2, 0) is 12.0 Å². The Morgan fingerprint density at radius 3 is 2.00 bits per heavy atom. The number of aliphatic hydroxyl groups is 1. The molecule has 0 atom stereocenters. The Labute approximate surface area is 147 Å². The number of hydrogen-bond acceptors (Lipinski definition) is 1. The number of nitrogens with one attached hydrogen (secondary N) is 1. The van der Waals surface area contributed by atoms with Crippen LogP contribution < -0.4 is 0 Å². The lowest BCUT2D eigenvalue weighted by molar-refractivity contribution is 0.0815. The van der Waals surface area contributed by atoms with Crippen LogP contribution in [0.2, 0.25) is 0 Å². The average Bonchev–Trinajstić information content (AvgIpc) is 3.07. The highest BCUT2D eigenvalue weighted by molar-refractivity contribution is 5.86. The van der Waals surface area contributed by atoms with Gasteiger partial charge in [-0.1, -0.05) is 78.9 Å². The third-order valence-corrected chi connectivity index (χ3v) is 4.96. The lowest BCUT2D eigenvalue weighted by atomic mass is 9.81. The smallest absolute Gasteiger partial charge is 0.119 e. The summed E-state index contributed by atoms with van der Waals surface area (Å²) >= 11 is 0. The summed E-state index contributed by atoms with van der Waals surface area (Å²) in [5.41, 5.74) is 4.22. The highest BCUT2D eigenvalue weighted by Gasteiger charge is 2.32. The summed E-state index contributed by atoms with van der Waals surface area (Å²) in [6.07, 6.45) is 2.54. The van der Waals surface area contributed by atoms with Gasteiger partial charge in [-0.15, -0.1) is 0 Å². The van der Waals surface area contributed by atoms with Crippen molar-refractivity contribution in [1.29, 1.82) is 0 Å². The van der Waals surface area contributed by atoms with Crippen molar-refractivity contribution >= 4 is 10.9 Å². The van der Waals surface area contributed by atoms with Crippen molar-refractivity contribution in [1.82, 2.24) is 4.98 Å². The molecule has 2 N–H and O–H groups in total. The SMILES string of the molecule is Cc1cccc2c(CC(O)(c3ccccc3)c3ccccc3)c[nH]c12. The number of aromatic amines is 1. The maximum Gasteiger partial charge on any atom is 0.119 e. The minimum atomic E-state index is -1.07. The van der Waals surface area contributed by atoms with Gasteiger partial charge in [-0.05, 0) is 29.2 Å². The van der Waals surface area contributed by atoms with Gasteiger partial charge in [-0.25, -0.2) is 0 Å². The maximum absolute atomic E-state index is 11.7. The van der Waals surface area contributed by atoms with Crippen LogP contribution in [0.1, 0.15) is 22.3 Å². The molecule has 2 heteroatoms. The second-order valence-electron chi connectivity index (χ2n) is 6.58. The first kappa shape index (κ1) is 15.7. The van der Waals surface area contributed by atoms with Crippen LogP contribution in [-0.4, -0.2) is 10.1 Å². The fraction of sp³-hybridized carbons (Fsp3) is 0.130. The number of hydrogen-bond donors (Lipinski definition) is 2. The van der Waals surface area contributed by atoms with Gasteiger partial charge in [0.05, 0.1) is 0 Å². The summed E-state index contributed by atoms with van der Waals surface area (Å²) in [7, 11) is 0. The predicted octanol–water partition coefficient (Wildman–Crippen LogP) is 4.95. The largest absolute Gasteiger partial charge is 0.380 e. The first-order chi connectivity index (χ1) is 12.2. The third-order valence-electron chi connectivity index (χ3n) is 4.96. The Balaban J connectivity index is 1.86. The van der Waals surface area contributed by atoms with Gasteiger partial charge in [0, 0.05) is 23.5 Å². The van der Waals surface area contributed by atoms with Crippen molar-refractivity contribution in [2.45, 2.75) is 18.9 Å². The molecule has 0 bridgehead atoms. The van der Waals surface area contributed by atoms with Crippen molar-refractivity contribution < 1.29 is 5.11 Å². The van der Waals surface area contributed by atoms with Crippen LogP contribution in [0, 0.1) is 6.92 Å². The van der Waals surface area contributed by atoms with Gasteiger partial charge in [0.15, 0.2) is 0 Å². The van der Waals surface area contributed by atoms with E-state index in [2.05, 4.69) is 30.1 Å². The van der Waals surface area contributed by atoms with Crippen LogP contribution in [0.4, 0.5) is 0 Å². The number of benzene rings is 3. The Morgan fingerprint density at radius 2 is 1.40 bits per heavy atom. The number of H-pyrrole nitrogens is 1. The van der Waals surface area contributed by atoms with E-state index in [0.717, 1.165) is 22.2 Å². The van der Waals surface area contributed by atoms with Gasteiger partial charge in [0.1, 0.15) is 5.60 Å². The van der Waals surface area contributed by atoms with Gasteiger partial charge >= 0.3 is 0 Å². The molecule has 0 spiro atoms. The highest BCUT2D eigenvalue weighted by atomic mass is 16.3. The third kappa shape index (κ3) is 2.75. The molecule has 1 heterocycles. The molecule has 0 amide bonds. The number of aryl methyl sites for hydroxylation is 1. The Kier molecular flexibility index (Phi) is 3.90. The van der Waals surface area contributed by atoms with Crippen LogP contribution >= 0.6 is 0 Å². The summed E-state index contributed by atoms with van der Waals surface area (Å²) < 4.78 is 0. The summed E-state index contributed by atoms with van der Waals surface area (Å²) in [4.78, 5) is 3.37. The summed E-state index contributed by atoms with van der Waals surface area (Å²) in [6, 6.07) is 26.1. The Hall–Kier alpha value is -2.84. The molecule has 0 aliphatic heterocycles. The monoisotopic (exact) mass is 327 g/mol. The van der Waals surface area contributed by atoms with Gasteiger partial charge in [0.25, 0.3) is 0 Å². The van der Waals surface area contributed by atoms with Crippen LogP contribution in [0.25, 0.3) is 10.9 Å². The molecule has 0 saturated heterocycles. The summed E-state index contributed by atoms with van der Waals surface area (Å²) in [5, 5.41) is 12.9. The second-order valence-corrected chi connectivity index (χ2v) is 6.58. The molecular weight excluding hydrogens is 306 g/mol. The lowest BCUT2D eigenvalue weighted by Crippen LogP contribution is -2.30. The molecule has 0 aliphatic carbocycles. The highest BCUT2D eigenvalue weighted by Crippen LogP contribution is 2.35. The van der Waals surface area contributed by atoms with Crippen LogP contribution in [0.3, 0.4) is 0 Å². The van der Waals surface area contributed by atoms with E-state index in [1.165, 1.54) is 10.9 Å². The van der Waals surface area contributed by atoms with Crippen molar-refractivity contribution in [2.75, 3.05) is 0 Å². The zero-order valence-corrected chi connectivity index (χ0v) is 14.2. The Bertz CT molecular complexity index is 947. The van der Waals surface area contributed by atoms with Gasteiger partial charge in [-0.3, -0.25) is 0 Å². The predicted molar refractivity (Wildman–Crippen MR) is 103 cm³/mol. The number of rotatable bonds is 4. The molecule has 0 aliphatic rings. The van der Waals surface area contributed by atoms with Crippen molar-refractivity contribution in [2.24, 2.45) is 0 Å². The zero-order chi connectivity index (χ0) is 17.3.